The van der Waals surface area contributed by atoms with Crippen molar-refractivity contribution in [3.05, 3.63) is 39.3 Å². The van der Waals surface area contributed by atoms with E-state index < -0.39 is 0 Å². The predicted molar refractivity (Wildman–Crippen MR) is 100.0 cm³/mol. The highest BCUT2D eigenvalue weighted by Crippen LogP contribution is 2.32. The monoisotopic (exact) mass is 373 g/mol. The Bertz CT molecular complexity index is 799. The number of amides is 1. The molecular weight excluding hydrogens is 350 g/mol. The molecule has 4 rings (SSSR count). The fraction of sp³-hybridized carbons (Fsp3) is 0.474. The van der Waals surface area contributed by atoms with Crippen molar-refractivity contribution in [1.82, 2.24) is 15.2 Å². The van der Waals surface area contributed by atoms with Gasteiger partial charge in [0.25, 0.3) is 5.91 Å². The summed E-state index contributed by atoms with van der Waals surface area (Å²) < 4.78 is 10.7. The summed E-state index contributed by atoms with van der Waals surface area (Å²) in [7, 11) is 0. The van der Waals surface area contributed by atoms with Gasteiger partial charge in [-0.15, -0.1) is 11.3 Å². The normalized spacial score (nSPS) is 16.2. The number of thiazole rings is 1. The third kappa shape index (κ3) is 3.83. The smallest absolute Gasteiger partial charge is 0.263 e. The Morgan fingerprint density at radius 2 is 2.08 bits per heavy atom. The Hall–Kier alpha value is -2.12. The third-order valence-corrected chi connectivity index (χ3v) is 5.99. The molecule has 0 saturated carbocycles. The van der Waals surface area contributed by atoms with Crippen molar-refractivity contribution in [1.29, 1.82) is 0 Å². The summed E-state index contributed by atoms with van der Waals surface area (Å²) in [4.78, 5) is 20.3. The van der Waals surface area contributed by atoms with E-state index in [1.54, 1.807) is 0 Å². The van der Waals surface area contributed by atoms with Crippen molar-refractivity contribution < 1.29 is 14.3 Å². The lowest BCUT2D eigenvalue weighted by molar-refractivity contribution is 0.0954. The zero-order valence-corrected chi connectivity index (χ0v) is 15.7. The SMILES string of the molecule is Cc1nc(CCN2CCCC2)sc1C(=O)NCc1ccc2c(c1)OCO2. The molecule has 0 spiro atoms. The van der Waals surface area contributed by atoms with Crippen LogP contribution in [0.5, 0.6) is 11.5 Å². The standard InChI is InChI=1S/C19H23N3O3S/c1-13-18(26-17(21-13)6-9-22-7-2-3-8-22)19(23)20-11-14-4-5-15-16(10-14)25-12-24-15/h4-5,10H,2-3,6-9,11-12H2,1H3,(H,20,23). The maximum atomic E-state index is 12.5. The van der Waals surface area contributed by atoms with Gasteiger partial charge in [-0.1, -0.05) is 6.07 Å². The van der Waals surface area contributed by atoms with Crippen LogP contribution in [0.15, 0.2) is 18.2 Å². The van der Waals surface area contributed by atoms with Crippen molar-refractivity contribution in [2.75, 3.05) is 26.4 Å². The topological polar surface area (TPSA) is 63.7 Å². The molecule has 138 valence electrons. The van der Waals surface area contributed by atoms with E-state index in [1.807, 2.05) is 25.1 Å². The highest BCUT2D eigenvalue weighted by atomic mass is 32.1. The summed E-state index contributed by atoms with van der Waals surface area (Å²) in [6.07, 6.45) is 3.51. The van der Waals surface area contributed by atoms with Crippen LogP contribution in [0.2, 0.25) is 0 Å². The van der Waals surface area contributed by atoms with Gasteiger partial charge in [-0.25, -0.2) is 4.98 Å². The molecule has 2 aliphatic rings. The summed E-state index contributed by atoms with van der Waals surface area (Å²) in [5.74, 6) is 1.42. The molecule has 0 aliphatic carbocycles. The minimum atomic E-state index is -0.0647. The first-order valence-electron chi connectivity index (χ1n) is 9.04. The zero-order valence-electron chi connectivity index (χ0n) is 14.9. The summed E-state index contributed by atoms with van der Waals surface area (Å²) in [5, 5.41) is 4.03. The maximum Gasteiger partial charge on any atom is 0.263 e. The summed E-state index contributed by atoms with van der Waals surface area (Å²) in [6, 6.07) is 5.72. The summed E-state index contributed by atoms with van der Waals surface area (Å²) in [5.41, 5.74) is 1.80. The van der Waals surface area contributed by atoms with E-state index in [1.165, 1.54) is 37.3 Å². The Morgan fingerprint density at radius 3 is 2.92 bits per heavy atom. The second-order valence-corrected chi connectivity index (χ2v) is 7.77. The first-order chi connectivity index (χ1) is 12.7. The van der Waals surface area contributed by atoms with E-state index >= 15 is 0 Å². The third-order valence-electron chi connectivity index (χ3n) is 4.78. The second-order valence-electron chi connectivity index (χ2n) is 6.69. The zero-order chi connectivity index (χ0) is 17.9. The molecule has 1 N–H and O–H groups in total. The molecule has 7 heteroatoms. The van der Waals surface area contributed by atoms with E-state index in [4.69, 9.17) is 9.47 Å². The van der Waals surface area contributed by atoms with Crippen LogP contribution in [0, 0.1) is 6.92 Å². The van der Waals surface area contributed by atoms with Crippen LogP contribution >= 0.6 is 11.3 Å². The molecule has 0 atom stereocenters. The first kappa shape index (κ1) is 17.3. The average Bonchev–Trinajstić information content (AvgIpc) is 3.38. The van der Waals surface area contributed by atoms with Gasteiger partial charge in [-0.2, -0.15) is 0 Å². The molecular formula is C19H23N3O3S. The number of aromatic nitrogens is 1. The van der Waals surface area contributed by atoms with Gasteiger partial charge in [-0.3, -0.25) is 4.79 Å². The Labute approximate surface area is 157 Å². The van der Waals surface area contributed by atoms with Crippen LogP contribution in [-0.2, 0) is 13.0 Å². The molecule has 0 radical (unpaired) electrons. The number of benzene rings is 1. The van der Waals surface area contributed by atoms with Crippen molar-refractivity contribution >= 4 is 17.2 Å². The number of nitrogens with zero attached hydrogens (tertiary/aromatic N) is 2. The molecule has 1 amide bonds. The molecule has 2 aromatic rings. The highest BCUT2D eigenvalue weighted by molar-refractivity contribution is 7.13. The predicted octanol–water partition coefficient (Wildman–Crippen LogP) is 2.75. The number of aryl methyl sites for hydroxylation is 1. The van der Waals surface area contributed by atoms with Gasteiger partial charge in [0.15, 0.2) is 11.5 Å². The Balaban J connectivity index is 1.34. The molecule has 1 aromatic heterocycles. The first-order valence-corrected chi connectivity index (χ1v) is 9.86. The van der Waals surface area contributed by atoms with E-state index in [9.17, 15) is 4.79 Å². The van der Waals surface area contributed by atoms with Crippen molar-refractivity contribution in [2.45, 2.75) is 32.7 Å². The van der Waals surface area contributed by atoms with Crippen molar-refractivity contribution in [3.8, 4) is 11.5 Å². The van der Waals surface area contributed by atoms with Gasteiger partial charge < -0.3 is 19.7 Å². The van der Waals surface area contributed by atoms with E-state index in [-0.39, 0.29) is 12.7 Å². The number of likely N-dealkylation sites (tertiary alicyclic amines) is 1. The fourth-order valence-corrected chi connectivity index (χ4v) is 4.31. The molecule has 1 aromatic carbocycles. The van der Waals surface area contributed by atoms with Gasteiger partial charge in [-0.05, 0) is 50.6 Å². The lowest BCUT2D eigenvalue weighted by atomic mass is 10.2. The van der Waals surface area contributed by atoms with E-state index in [0.29, 0.717) is 11.4 Å². The van der Waals surface area contributed by atoms with Crippen molar-refractivity contribution in [3.63, 3.8) is 0 Å². The fourth-order valence-electron chi connectivity index (χ4n) is 3.34. The van der Waals surface area contributed by atoms with Gasteiger partial charge in [0.2, 0.25) is 6.79 Å². The molecule has 3 heterocycles. The number of carbonyl (C=O) groups is 1. The quantitative estimate of drug-likeness (QED) is 0.844. The largest absolute Gasteiger partial charge is 0.454 e. The van der Waals surface area contributed by atoms with Crippen LogP contribution in [-0.4, -0.2) is 42.2 Å². The minimum absolute atomic E-state index is 0.0647. The van der Waals surface area contributed by atoms with Gasteiger partial charge >= 0.3 is 0 Å². The second kappa shape index (κ2) is 7.63. The average molecular weight is 373 g/mol. The van der Waals surface area contributed by atoms with Crippen LogP contribution in [0.25, 0.3) is 0 Å². The number of fused-ring (bicyclic) bond motifs is 1. The minimum Gasteiger partial charge on any atom is -0.454 e. The number of rotatable bonds is 6. The molecule has 0 bridgehead atoms. The molecule has 2 aliphatic heterocycles. The molecule has 6 nitrogen and oxygen atoms in total. The van der Waals surface area contributed by atoms with Crippen molar-refractivity contribution in [2.24, 2.45) is 0 Å². The molecule has 0 unspecified atom stereocenters. The van der Waals surface area contributed by atoms with E-state index in [2.05, 4.69) is 15.2 Å². The Morgan fingerprint density at radius 1 is 1.27 bits per heavy atom. The number of hydrogen-bond donors (Lipinski definition) is 1. The number of ether oxygens (including phenoxy) is 2. The van der Waals surface area contributed by atoms with Crippen LogP contribution < -0.4 is 14.8 Å². The summed E-state index contributed by atoms with van der Waals surface area (Å²) in [6.45, 7) is 6.03. The number of carbonyl (C=O) groups excluding carboxylic acids is 1. The lowest BCUT2D eigenvalue weighted by Crippen LogP contribution is -2.22. The molecule has 26 heavy (non-hydrogen) atoms. The van der Waals surface area contributed by atoms with Crippen LogP contribution in [0.4, 0.5) is 0 Å². The molecule has 1 fully saturated rings. The van der Waals surface area contributed by atoms with Crippen LogP contribution in [0.3, 0.4) is 0 Å². The van der Waals surface area contributed by atoms with Gasteiger partial charge in [0.05, 0.1) is 10.7 Å². The number of hydrogen-bond acceptors (Lipinski definition) is 6. The van der Waals surface area contributed by atoms with Crippen LogP contribution in [0.1, 0.15) is 38.8 Å². The summed E-state index contributed by atoms with van der Waals surface area (Å²) >= 11 is 1.51. The highest BCUT2D eigenvalue weighted by Gasteiger charge is 2.18. The Kier molecular flexibility index (Phi) is 5.08. The van der Waals surface area contributed by atoms with Gasteiger partial charge in [0, 0.05) is 19.5 Å². The molecule has 1 saturated heterocycles. The van der Waals surface area contributed by atoms with E-state index in [0.717, 1.165) is 40.7 Å². The van der Waals surface area contributed by atoms with Gasteiger partial charge in [0.1, 0.15) is 4.88 Å². The maximum absolute atomic E-state index is 12.5. The lowest BCUT2D eigenvalue weighted by Gasteiger charge is -2.12. The number of nitrogens with one attached hydrogen (secondary N) is 1.